The second-order valence-electron chi connectivity index (χ2n) is 8.77. The summed E-state index contributed by atoms with van der Waals surface area (Å²) in [6, 6.07) is 18.9. The van der Waals surface area contributed by atoms with Gasteiger partial charge in [0.2, 0.25) is 0 Å². The van der Waals surface area contributed by atoms with Gasteiger partial charge in [-0.15, -0.1) is 0 Å². The Balaban J connectivity index is 1.33. The molecular weight excluding hydrogens is 442 g/mol. The minimum Gasteiger partial charge on any atom is -0.468 e. The third-order valence-electron chi connectivity index (χ3n) is 6.50. The highest BCUT2D eigenvalue weighted by atomic mass is 16.5. The van der Waals surface area contributed by atoms with Gasteiger partial charge in [0.05, 0.1) is 12.6 Å². The number of likely N-dealkylation sites (tertiary alicyclic amines) is 1. The number of H-pyrrole nitrogens is 1. The number of hydrogen-bond acceptors (Lipinski definition) is 6. The molecule has 8 heteroatoms. The zero-order valence-electron chi connectivity index (χ0n) is 19.5. The summed E-state index contributed by atoms with van der Waals surface area (Å²) in [7, 11) is 1.42. The SMILES string of the molecule is COC(=O)[C@H]1CC[C@@H](NC(=O)c2ccc3[nH]nc(-c4ccncc4)c3c2)CN1Cc1ccccc1. The third-order valence-corrected chi connectivity index (χ3v) is 6.50. The number of nitrogens with one attached hydrogen (secondary N) is 2. The predicted molar refractivity (Wildman–Crippen MR) is 132 cm³/mol. The maximum atomic E-state index is 13.2. The summed E-state index contributed by atoms with van der Waals surface area (Å²) < 4.78 is 5.04. The highest BCUT2D eigenvalue weighted by Gasteiger charge is 2.34. The lowest BCUT2D eigenvalue weighted by Crippen LogP contribution is -2.54. The number of amides is 1. The molecular formula is C27H27N5O3. The molecule has 0 unspecified atom stereocenters. The van der Waals surface area contributed by atoms with E-state index in [2.05, 4.69) is 25.4 Å². The summed E-state index contributed by atoms with van der Waals surface area (Å²) in [6.07, 6.45) is 4.76. The van der Waals surface area contributed by atoms with Crippen LogP contribution in [0.3, 0.4) is 0 Å². The molecule has 0 aliphatic carbocycles. The summed E-state index contributed by atoms with van der Waals surface area (Å²) in [6.45, 7) is 1.18. The second kappa shape index (κ2) is 10.1. The zero-order valence-corrected chi connectivity index (χ0v) is 19.5. The number of nitrogens with zero attached hydrogens (tertiary/aromatic N) is 3. The van der Waals surface area contributed by atoms with Crippen LogP contribution in [-0.4, -0.2) is 57.7 Å². The van der Waals surface area contributed by atoms with Crippen molar-refractivity contribution in [1.82, 2.24) is 25.4 Å². The Labute approximate surface area is 203 Å². The third kappa shape index (κ3) is 4.93. The first kappa shape index (κ1) is 22.7. The molecule has 0 radical (unpaired) electrons. The topological polar surface area (TPSA) is 100 Å². The van der Waals surface area contributed by atoms with Crippen LogP contribution in [0.2, 0.25) is 0 Å². The number of fused-ring (bicyclic) bond motifs is 1. The molecule has 2 aromatic heterocycles. The highest BCUT2D eigenvalue weighted by Crippen LogP contribution is 2.27. The van der Waals surface area contributed by atoms with Crippen LogP contribution >= 0.6 is 0 Å². The Kier molecular flexibility index (Phi) is 6.54. The maximum Gasteiger partial charge on any atom is 0.323 e. The summed E-state index contributed by atoms with van der Waals surface area (Å²) in [5, 5.41) is 11.5. The number of aromatic amines is 1. The van der Waals surface area contributed by atoms with Gasteiger partial charge >= 0.3 is 5.97 Å². The molecule has 178 valence electrons. The monoisotopic (exact) mass is 469 g/mol. The van der Waals surface area contributed by atoms with E-state index in [0.717, 1.165) is 27.7 Å². The van der Waals surface area contributed by atoms with Gasteiger partial charge in [0.25, 0.3) is 5.91 Å². The van der Waals surface area contributed by atoms with E-state index < -0.39 is 0 Å². The molecule has 8 nitrogen and oxygen atoms in total. The van der Waals surface area contributed by atoms with Crippen molar-refractivity contribution in [3.05, 3.63) is 84.2 Å². The number of carbonyl (C=O) groups excluding carboxylic acids is 2. The molecule has 3 heterocycles. The fraction of sp³-hybridized carbons (Fsp3) is 0.259. The number of rotatable bonds is 6. The fourth-order valence-electron chi connectivity index (χ4n) is 4.71. The van der Waals surface area contributed by atoms with Crippen molar-refractivity contribution < 1.29 is 14.3 Å². The van der Waals surface area contributed by atoms with Crippen molar-refractivity contribution in [3.8, 4) is 11.3 Å². The van der Waals surface area contributed by atoms with Gasteiger partial charge in [-0.25, -0.2) is 0 Å². The number of pyridine rings is 1. The Bertz CT molecular complexity index is 1320. The zero-order chi connectivity index (χ0) is 24.2. The standard InChI is InChI=1S/C27H27N5O3/c1-35-27(34)24-10-8-21(17-32(24)16-18-5-3-2-4-6-18)29-26(33)20-7-9-23-22(15-20)25(31-30-23)19-11-13-28-14-12-19/h2-7,9,11-15,21,24H,8,10,16-17H2,1H3,(H,29,33)(H,30,31)/t21-,24-/m1/s1. The van der Waals surface area contributed by atoms with E-state index in [4.69, 9.17) is 4.74 Å². The Morgan fingerprint density at radius 1 is 1.09 bits per heavy atom. The molecule has 1 fully saturated rings. The number of aromatic nitrogens is 3. The van der Waals surface area contributed by atoms with Crippen LogP contribution in [0.1, 0.15) is 28.8 Å². The fourth-order valence-corrected chi connectivity index (χ4v) is 4.71. The molecule has 1 saturated heterocycles. The molecule has 2 atom stereocenters. The smallest absolute Gasteiger partial charge is 0.323 e. The van der Waals surface area contributed by atoms with Crippen LogP contribution in [0.4, 0.5) is 0 Å². The second-order valence-corrected chi connectivity index (χ2v) is 8.77. The molecule has 35 heavy (non-hydrogen) atoms. The van der Waals surface area contributed by atoms with Gasteiger partial charge in [0, 0.05) is 48.0 Å². The van der Waals surface area contributed by atoms with Crippen LogP contribution < -0.4 is 5.32 Å². The van der Waals surface area contributed by atoms with Gasteiger partial charge in [-0.1, -0.05) is 30.3 Å². The largest absolute Gasteiger partial charge is 0.468 e. The van der Waals surface area contributed by atoms with Crippen molar-refractivity contribution in [2.75, 3.05) is 13.7 Å². The van der Waals surface area contributed by atoms with Gasteiger partial charge in [0.1, 0.15) is 11.7 Å². The van der Waals surface area contributed by atoms with E-state index in [9.17, 15) is 9.59 Å². The summed E-state index contributed by atoms with van der Waals surface area (Å²) in [4.78, 5) is 31.8. The minimum absolute atomic E-state index is 0.0770. The van der Waals surface area contributed by atoms with Gasteiger partial charge in [-0.2, -0.15) is 5.10 Å². The molecule has 2 N–H and O–H groups in total. The van der Waals surface area contributed by atoms with Crippen molar-refractivity contribution in [3.63, 3.8) is 0 Å². The van der Waals surface area contributed by atoms with Crippen LogP contribution in [0.25, 0.3) is 22.2 Å². The van der Waals surface area contributed by atoms with E-state index in [1.54, 1.807) is 18.5 Å². The Morgan fingerprint density at radius 3 is 2.66 bits per heavy atom. The first-order valence-corrected chi connectivity index (χ1v) is 11.7. The van der Waals surface area contributed by atoms with Crippen LogP contribution in [0, 0.1) is 0 Å². The van der Waals surface area contributed by atoms with Crippen LogP contribution in [0.15, 0.2) is 73.1 Å². The van der Waals surface area contributed by atoms with E-state index in [-0.39, 0.29) is 24.0 Å². The lowest BCUT2D eigenvalue weighted by atomic mass is 9.96. The van der Waals surface area contributed by atoms with Crippen molar-refractivity contribution >= 4 is 22.8 Å². The summed E-state index contributed by atoms with van der Waals surface area (Å²) in [5.41, 5.74) is 4.26. The predicted octanol–water partition coefficient (Wildman–Crippen LogP) is 3.56. The number of piperidine rings is 1. The molecule has 0 spiro atoms. The number of ether oxygens (including phenoxy) is 1. The van der Waals surface area contributed by atoms with E-state index in [0.29, 0.717) is 31.5 Å². The van der Waals surface area contributed by atoms with E-state index in [1.165, 1.54) is 7.11 Å². The lowest BCUT2D eigenvalue weighted by molar-refractivity contribution is -0.148. The molecule has 1 aliphatic heterocycles. The normalized spacial score (nSPS) is 18.3. The van der Waals surface area contributed by atoms with Gasteiger partial charge < -0.3 is 10.1 Å². The molecule has 5 rings (SSSR count). The number of benzene rings is 2. The van der Waals surface area contributed by atoms with Gasteiger partial charge in [-0.3, -0.25) is 24.6 Å². The maximum absolute atomic E-state index is 13.2. The number of carbonyl (C=O) groups is 2. The Hall–Kier alpha value is -4.04. The summed E-state index contributed by atoms with van der Waals surface area (Å²) >= 11 is 0. The van der Waals surface area contributed by atoms with Crippen LogP contribution in [-0.2, 0) is 16.1 Å². The van der Waals surface area contributed by atoms with Crippen molar-refractivity contribution in [2.45, 2.75) is 31.5 Å². The minimum atomic E-state index is -0.321. The summed E-state index contributed by atoms with van der Waals surface area (Å²) in [5.74, 6) is -0.380. The lowest BCUT2D eigenvalue weighted by Gasteiger charge is -2.38. The molecule has 4 aromatic rings. The molecule has 1 amide bonds. The van der Waals surface area contributed by atoms with E-state index in [1.807, 2.05) is 54.6 Å². The first-order valence-electron chi connectivity index (χ1n) is 11.7. The number of hydrogen-bond donors (Lipinski definition) is 2. The first-order chi connectivity index (χ1) is 17.1. The van der Waals surface area contributed by atoms with Crippen molar-refractivity contribution in [1.29, 1.82) is 0 Å². The average Bonchev–Trinajstić information content (AvgIpc) is 3.33. The number of methoxy groups -OCH3 is 1. The average molecular weight is 470 g/mol. The molecule has 0 bridgehead atoms. The van der Waals surface area contributed by atoms with E-state index >= 15 is 0 Å². The highest BCUT2D eigenvalue weighted by molar-refractivity contribution is 6.01. The van der Waals surface area contributed by atoms with Gasteiger partial charge in [0.15, 0.2) is 0 Å². The molecule has 1 aliphatic rings. The quantitative estimate of drug-likeness (QED) is 0.419. The molecule has 2 aromatic carbocycles. The molecule has 0 saturated carbocycles. The van der Waals surface area contributed by atoms with Gasteiger partial charge in [-0.05, 0) is 48.7 Å². The Morgan fingerprint density at radius 2 is 1.89 bits per heavy atom. The van der Waals surface area contributed by atoms with Crippen molar-refractivity contribution in [2.24, 2.45) is 0 Å². The number of esters is 1. The van der Waals surface area contributed by atoms with Crippen LogP contribution in [0.5, 0.6) is 0 Å².